The summed E-state index contributed by atoms with van der Waals surface area (Å²) in [6.07, 6.45) is 0. The molecule has 29 heavy (non-hydrogen) atoms. The van der Waals surface area contributed by atoms with Gasteiger partial charge in [-0.2, -0.15) is 0 Å². The smallest absolute Gasteiger partial charge is 0.238 e. The highest BCUT2D eigenvalue weighted by Gasteiger charge is 2.08. The van der Waals surface area contributed by atoms with E-state index in [-0.39, 0.29) is 11.7 Å². The van der Waals surface area contributed by atoms with Crippen LogP contribution in [0.4, 0.5) is 10.1 Å². The zero-order valence-electron chi connectivity index (χ0n) is 17.6. The third kappa shape index (κ3) is 7.91. The Morgan fingerprint density at radius 1 is 1.07 bits per heavy atom. The lowest BCUT2D eigenvalue weighted by Gasteiger charge is -2.22. The second kappa shape index (κ2) is 11.2. The molecule has 7 heteroatoms. The minimum Gasteiger partial charge on any atom is -0.357 e. The fourth-order valence-corrected chi connectivity index (χ4v) is 2.81. The van der Waals surface area contributed by atoms with Crippen molar-refractivity contribution >= 4 is 17.6 Å². The van der Waals surface area contributed by atoms with Gasteiger partial charge < -0.3 is 20.4 Å². The average Bonchev–Trinajstić information content (AvgIpc) is 2.66. The number of guanidine groups is 1. The first-order chi connectivity index (χ1) is 13.9. The molecule has 0 aliphatic heterocycles. The average molecular weight is 400 g/mol. The number of nitrogens with zero attached hydrogens (tertiary/aromatic N) is 3. The molecule has 6 nitrogen and oxygen atoms in total. The highest BCUT2D eigenvalue weighted by Crippen LogP contribution is 2.12. The molecular formula is C22H30FN5O. The second-order valence-corrected chi connectivity index (χ2v) is 7.14. The Balaban J connectivity index is 2.04. The zero-order chi connectivity index (χ0) is 21.2. The topological polar surface area (TPSA) is 60.0 Å². The van der Waals surface area contributed by atoms with Crippen LogP contribution in [0.2, 0.25) is 0 Å². The van der Waals surface area contributed by atoms with E-state index < -0.39 is 0 Å². The van der Waals surface area contributed by atoms with Gasteiger partial charge in [0.05, 0.1) is 13.1 Å². The first-order valence-corrected chi connectivity index (χ1v) is 9.64. The highest BCUT2D eigenvalue weighted by atomic mass is 19.1. The van der Waals surface area contributed by atoms with E-state index in [2.05, 4.69) is 10.6 Å². The summed E-state index contributed by atoms with van der Waals surface area (Å²) < 4.78 is 13.1. The molecule has 2 rings (SSSR count). The lowest BCUT2D eigenvalue weighted by Crippen LogP contribution is -2.38. The number of aliphatic imine (C=N–C) groups is 1. The number of amides is 1. The van der Waals surface area contributed by atoms with Crippen molar-refractivity contribution in [1.82, 2.24) is 15.1 Å². The van der Waals surface area contributed by atoms with Gasteiger partial charge in [0, 0.05) is 25.8 Å². The summed E-state index contributed by atoms with van der Waals surface area (Å²) in [6, 6.07) is 14.2. The van der Waals surface area contributed by atoms with Crippen LogP contribution >= 0.6 is 0 Å². The third-order valence-corrected chi connectivity index (χ3v) is 4.11. The molecule has 0 spiro atoms. The molecule has 156 valence electrons. The first-order valence-electron chi connectivity index (χ1n) is 9.64. The molecule has 0 aliphatic carbocycles. The Labute approximate surface area is 172 Å². The summed E-state index contributed by atoms with van der Waals surface area (Å²) in [5, 5.41) is 6.18. The van der Waals surface area contributed by atoms with E-state index in [0.717, 1.165) is 29.3 Å². The van der Waals surface area contributed by atoms with Gasteiger partial charge in [-0.1, -0.05) is 24.3 Å². The van der Waals surface area contributed by atoms with E-state index in [1.54, 1.807) is 12.1 Å². The Morgan fingerprint density at radius 3 is 2.45 bits per heavy atom. The standard InChI is InChI=1S/C22H30FN5O/c1-5-24-22(28(4)15-17-9-11-19(23)12-10-17)25-14-18-7-6-8-20(13-18)26-21(29)16-27(2)3/h6-13H,5,14-16H2,1-4H3,(H,24,25)(H,26,29). The van der Waals surface area contributed by atoms with Crippen molar-refractivity contribution in [3.8, 4) is 0 Å². The molecule has 0 heterocycles. The Bertz CT molecular complexity index is 820. The lowest BCUT2D eigenvalue weighted by molar-refractivity contribution is -0.116. The Morgan fingerprint density at radius 2 is 1.79 bits per heavy atom. The highest BCUT2D eigenvalue weighted by molar-refractivity contribution is 5.92. The number of anilines is 1. The SMILES string of the molecule is CCNC(=NCc1cccc(NC(=O)CN(C)C)c1)N(C)Cc1ccc(F)cc1. The molecule has 1 amide bonds. The number of likely N-dealkylation sites (N-methyl/N-ethyl adjacent to an activating group) is 1. The quantitative estimate of drug-likeness (QED) is 0.529. The van der Waals surface area contributed by atoms with Crippen LogP contribution in [-0.2, 0) is 17.9 Å². The molecular weight excluding hydrogens is 369 g/mol. The largest absolute Gasteiger partial charge is 0.357 e. The molecule has 2 aromatic rings. The van der Waals surface area contributed by atoms with E-state index >= 15 is 0 Å². The molecule has 0 aromatic heterocycles. The number of benzene rings is 2. The maximum Gasteiger partial charge on any atom is 0.238 e. The molecule has 0 fully saturated rings. The predicted octanol–water partition coefficient (Wildman–Crippen LogP) is 2.92. The van der Waals surface area contributed by atoms with Gasteiger partial charge in [0.2, 0.25) is 5.91 Å². The minimum absolute atomic E-state index is 0.0528. The number of hydrogen-bond acceptors (Lipinski definition) is 3. The number of halogens is 1. The van der Waals surface area contributed by atoms with E-state index in [1.807, 2.05) is 62.1 Å². The summed E-state index contributed by atoms with van der Waals surface area (Å²) in [4.78, 5) is 20.5. The molecule has 0 atom stereocenters. The number of nitrogens with one attached hydrogen (secondary N) is 2. The van der Waals surface area contributed by atoms with Crippen molar-refractivity contribution in [3.05, 3.63) is 65.5 Å². The van der Waals surface area contributed by atoms with Crippen LogP contribution in [0.5, 0.6) is 0 Å². The maximum atomic E-state index is 13.1. The van der Waals surface area contributed by atoms with Gasteiger partial charge in [0.25, 0.3) is 0 Å². The van der Waals surface area contributed by atoms with Gasteiger partial charge in [-0.05, 0) is 56.4 Å². The molecule has 0 unspecified atom stereocenters. The molecule has 0 bridgehead atoms. The molecule has 0 saturated carbocycles. The van der Waals surface area contributed by atoms with Crippen molar-refractivity contribution in [1.29, 1.82) is 0 Å². The monoisotopic (exact) mass is 399 g/mol. The minimum atomic E-state index is -0.241. The number of rotatable bonds is 8. The third-order valence-electron chi connectivity index (χ3n) is 4.11. The van der Waals surface area contributed by atoms with Crippen LogP contribution in [0.15, 0.2) is 53.5 Å². The Kier molecular flexibility index (Phi) is 8.61. The zero-order valence-corrected chi connectivity index (χ0v) is 17.6. The van der Waals surface area contributed by atoms with Crippen LogP contribution in [0.3, 0.4) is 0 Å². The molecule has 0 radical (unpaired) electrons. The van der Waals surface area contributed by atoms with Crippen LogP contribution < -0.4 is 10.6 Å². The molecule has 0 aliphatic rings. The van der Waals surface area contributed by atoms with Crippen molar-refractivity contribution < 1.29 is 9.18 Å². The van der Waals surface area contributed by atoms with Crippen LogP contribution in [0.25, 0.3) is 0 Å². The van der Waals surface area contributed by atoms with E-state index in [4.69, 9.17) is 4.99 Å². The first kappa shape index (κ1) is 22.4. The molecule has 2 aromatic carbocycles. The van der Waals surface area contributed by atoms with Crippen molar-refractivity contribution in [2.75, 3.05) is 39.5 Å². The van der Waals surface area contributed by atoms with Gasteiger partial charge in [-0.15, -0.1) is 0 Å². The summed E-state index contributed by atoms with van der Waals surface area (Å²) in [5.41, 5.74) is 2.76. The van der Waals surface area contributed by atoms with Gasteiger partial charge in [0.15, 0.2) is 5.96 Å². The van der Waals surface area contributed by atoms with Gasteiger partial charge >= 0.3 is 0 Å². The van der Waals surface area contributed by atoms with Crippen molar-refractivity contribution in [3.63, 3.8) is 0 Å². The number of hydrogen-bond donors (Lipinski definition) is 2. The second-order valence-electron chi connectivity index (χ2n) is 7.14. The van der Waals surface area contributed by atoms with E-state index in [0.29, 0.717) is 19.6 Å². The summed E-state index contributed by atoms with van der Waals surface area (Å²) >= 11 is 0. The van der Waals surface area contributed by atoms with Crippen LogP contribution in [0.1, 0.15) is 18.1 Å². The molecule has 0 saturated heterocycles. The lowest BCUT2D eigenvalue weighted by atomic mass is 10.2. The van der Waals surface area contributed by atoms with Gasteiger partial charge in [-0.3, -0.25) is 4.79 Å². The van der Waals surface area contributed by atoms with Crippen molar-refractivity contribution in [2.45, 2.75) is 20.0 Å². The summed E-state index contributed by atoms with van der Waals surface area (Å²) in [6.45, 7) is 4.19. The summed E-state index contributed by atoms with van der Waals surface area (Å²) in [7, 11) is 5.66. The fraction of sp³-hybridized carbons (Fsp3) is 0.364. The fourth-order valence-electron chi connectivity index (χ4n) is 2.81. The number of carbonyl (C=O) groups excluding carboxylic acids is 1. The summed E-state index contributed by atoms with van der Waals surface area (Å²) in [5.74, 6) is 0.469. The number of carbonyl (C=O) groups is 1. The Hall–Kier alpha value is -2.93. The van der Waals surface area contributed by atoms with E-state index in [1.165, 1.54) is 12.1 Å². The predicted molar refractivity (Wildman–Crippen MR) is 116 cm³/mol. The molecule has 2 N–H and O–H groups in total. The van der Waals surface area contributed by atoms with Crippen molar-refractivity contribution in [2.24, 2.45) is 4.99 Å². The van der Waals surface area contributed by atoms with Gasteiger partial charge in [-0.25, -0.2) is 9.38 Å². The maximum absolute atomic E-state index is 13.1. The van der Waals surface area contributed by atoms with Crippen LogP contribution in [0, 0.1) is 5.82 Å². The van der Waals surface area contributed by atoms with E-state index in [9.17, 15) is 9.18 Å². The normalized spacial score (nSPS) is 11.4. The van der Waals surface area contributed by atoms with Crippen LogP contribution in [-0.4, -0.2) is 55.9 Å². The van der Waals surface area contributed by atoms with Gasteiger partial charge in [0.1, 0.15) is 5.82 Å².